The lowest BCUT2D eigenvalue weighted by molar-refractivity contribution is -0.136. The molecule has 0 bridgehead atoms. The molecule has 4 heterocycles. The van der Waals surface area contributed by atoms with Gasteiger partial charge in [0.25, 0.3) is 17.7 Å². The number of primary amides is 1. The summed E-state index contributed by atoms with van der Waals surface area (Å²) in [5.41, 5.74) is 8.00. The van der Waals surface area contributed by atoms with Crippen LogP contribution in [0.2, 0.25) is 0 Å². The van der Waals surface area contributed by atoms with Crippen LogP contribution in [0.15, 0.2) is 47.1 Å². The molecule has 6 rings (SSSR count). The molecule has 0 radical (unpaired) electrons. The fourth-order valence-electron chi connectivity index (χ4n) is 7.60. The number of carbonyl (C=O) groups is 6. The molecule has 67 heavy (non-hydrogen) atoms. The van der Waals surface area contributed by atoms with Crippen LogP contribution in [0.25, 0.3) is 0 Å². The minimum absolute atomic E-state index is 0.0272. The lowest BCUT2D eigenvalue weighted by atomic mass is 10.0. The van der Waals surface area contributed by atoms with Crippen LogP contribution >= 0.6 is 15.9 Å². The van der Waals surface area contributed by atoms with Crippen molar-refractivity contribution in [3.8, 4) is 0 Å². The monoisotopic (exact) mass is 1010 g/mol. The SMILES string of the molecule is Cc1cccc(Nc2nc(NC3CCN(S(=O)(=O)CCNC(=O)CCOCCOCCOCCOCCNc4cccc5c4C(=O)N(C4CCC(=O)NC4=O)C5=O)CC3)ncc2Br)c1C(N)=O. The highest BCUT2D eigenvalue weighted by Crippen LogP contribution is 2.33. The van der Waals surface area contributed by atoms with Crippen molar-refractivity contribution >= 4 is 84.5 Å². The number of fused-ring (bicyclic) bond motifs is 1. The number of sulfonamides is 1. The second-order valence-electron chi connectivity index (χ2n) is 15.7. The van der Waals surface area contributed by atoms with Gasteiger partial charge in [0.1, 0.15) is 11.9 Å². The van der Waals surface area contributed by atoms with Gasteiger partial charge in [-0.3, -0.25) is 39.0 Å². The molecule has 1 aromatic heterocycles. The number of anilines is 4. The van der Waals surface area contributed by atoms with E-state index < -0.39 is 45.6 Å². The standard InChI is InChI=1S/C43H55BrN10O12S/c1-27-4-2-7-32(36(27)38(45)57)50-39-30(44)26-48-43(52-39)49-28-10-15-53(16-11-28)67(61,62)25-14-47-34(55)12-17-63-19-21-65-23-24-66-22-20-64-18-13-46-31-6-3-5-29-37(31)42(60)54(41(29)59)33-8-9-35(56)51-40(33)58/h2-7,26,28,33,46H,8-25H2,1H3,(H2,45,57)(H,47,55)(H,51,56,58)(H2,48,49,50,52). The molecule has 362 valence electrons. The molecular weight excluding hydrogens is 961 g/mol. The Bertz CT molecular complexity index is 2400. The Balaban J connectivity index is 0.749. The molecular formula is C43H55BrN10O12S. The molecule has 24 heteroatoms. The van der Waals surface area contributed by atoms with E-state index in [0.29, 0.717) is 105 Å². The third-order valence-electron chi connectivity index (χ3n) is 11.0. The molecule has 3 aromatic rings. The zero-order valence-corrected chi connectivity index (χ0v) is 39.4. The molecule has 1 unspecified atom stereocenters. The van der Waals surface area contributed by atoms with Gasteiger partial charge in [-0.1, -0.05) is 18.2 Å². The van der Waals surface area contributed by atoms with Crippen LogP contribution in [0.5, 0.6) is 0 Å². The third-order valence-corrected chi connectivity index (χ3v) is 13.5. The number of piperidine rings is 2. The van der Waals surface area contributed by atoms with Crippen LogP contribution in [-0.2, 0) is 43.4 Å². The number of benzene rings is 2. The Morgan fingerprint density at radius 1 is 0.866 bits per heavy atom. The van der Waals surface area contributed by atoms with E-state index in [0.717, 1.165) is 10.5 Å². The third kappa shape index (κ3) is 14.0. The summed E-state index contributed by atoms with van der Waals surface area (Å²) >= 11 is 3.44. The number of aromatic nitrogens is 2. The highest BCUT2D eigenvalue weighted by atomic mass is 79.9. The Kier molecular flexibility index (Phi) is 18.5. The van der Waals surface area contributed by atoms with Crippen LogP contribution in [0.3, 0.4) is 0 Å². The maximum absolute atomic E-state index is 13.2. The van der Waals surface area contributed by atoms with E-state index in [4.69, 9.17) is 24.7 Å². The average Bonchev–Trinajstić information content (AvgIpc) is 3.54. The number of rotatable bonds is 26. The molecule has 2 saturated heterocycles. The first-order chi connectivity index (χ1) is 32.2. The van der Waals surface area contributed by atoms with Crippen LogP contribution in [-0.4, -0.2) is 160 Å². The van der Waals surface area contributed by atoms with E-state index in [9.17, 15) is 37.2 Å². The molecule has 22 nitrogen and oxygen atoms in total. The molecule has 2 aromatic carbocycles. The van der Waals surface area contributed by atoms with E-state index in [-0.39, 0.29) is 67.8 Å². The zero-order chi connectivity index (χ0) is 47.9. The quantitative estimate of drug-likeness (QED) is 0.0493. The Morgan fingerprint density at radius 3 is 2.21 bits per heavy atom. The molecule has 6 amide bonds. The van der Waals surface area contributed by atoms with Gasteiger partial charge in [0.05, 0.1) is 85.5 Å². The van der Waals surface area contributed by atoms with Gasteiger partial charge < -0.3 is 45.9 Å². The van der Waals surface area contributed by atoms with Crippen LogP contribution in [0.1, 0.15) is 68.7 Å². The average molecular weight is 1020 g/mol. The second kappa shape index (κ2) is 24.4. The Hall–Kier alpha value is -5.63. The zero-order valence-electron chi connectivity index (χ0n) is 37.0. The molecule has 3 aliphatic heterocycles. The summed E-state index contributed by atoms with van der Waals surface area (Å²) in [6.07, 6.45) is 2.81. The molecule has 0 spiro atoms. The normalized spacial score (nSPS) is 16.7. The van der Waals surface area contributed by atoms with Gasteiger partial charge in [-0.25, -0.2) is 17.7 Å². The smallest absolute Gasteiger partial charge is 0.264 e. The van der Waals surface area contributed by atoms with Gasteiger partial charge in [-0.2, -0.15) is 4.98 Å². The summed E-state index contributed by atoms with van der Waals surface area (Å²) in [6.45, 7) is 4.98. The van der Waals surface area contributed by atoms with Crippen molar-refractivity contribution in [1.29, 1.82) is 0 Å². The number of nitrogens with zero attached hydrogens (tertiary/aromatic N) is 4. The largest absolute Gasteiger partial charge is 0.382 e. The van der Waals surface area contributed by atoms with Gasteiger partial charge in [-0.15, -0.1) is 0 Å². The number of hydrogen-bond acceptors (Lipinski definition) is 17. The molecule has 0 saturated carbocycles. The first-order valence-corrected chi connectivity index (χ1v) is 24.2. The number of ether oxygens (including phenoxy) is 4. The molecule has 1 atom stereocenters. The summed E-state index contributed by atoms with van der Waals surface area (Å²) in [4.78, 5) is 84.3. The summed E-state index contributed by atoms with van der Waals surface area (Å²) in [7, 11) is -3.60. The van der Waals surface area contributed by atoms with E-state index in [1.807, 2.05) is 0 Å². The minimum atomic E-state index is -3.60. The molecule has 3 aliphatic rings. The number of hydrogen-bond donors (Lipinski definition) is 6. The number of aryl methyl sites for hydroxylation is 1. The van der Waals surface area contributed by atoms with Gasteiger partial charge in [0, 0.05) is 56.9 Å². The predicted octanol–water partition coefficient (Wildman–Crippen LogP) is 1.68. The van der Waals surface area contributed by atoms with E-state index in [1.54, 1.807) is 43.5 Å². The summed E-state index contributed by atoms with van der Waals surface area (Å²) < 4.78 is 50.1. The first-order valence-electron chi connectivity index (χ1n) is 21.8. The highest BCUT2D eigenvalue weighted by molar-refractivity contribution is 9.10. The van der Waals surface area contributed by atoms with Crippen molar-refractivity contribution in [2.24, 2.45) is 5.73 Å². The lowest BCUT2D eigenvalue weighted by Gasteiger charge is -2.31. The number of amides is 6. The van der Waals surface area contributed by atoms with Crippen molar-refractivity contribution in [2.75, 3.05) is 101 Å². The molecule has 0 aliphatic carbocycles. The van der Waals surface area contributed by atoms with E-state index >= 15 is 0 Å². The van der Waals surface area contributed by atoms with Crippen molar-refractivity contribution in [3.63, 3.8) is 0 Å². The van der Waals surface area contributed by atoms with Gasteiger partial charge in [-0.05, 0) is 65.9 Å². The van der Waals surface area contributed by atoms with Crippen molar-refractivity contribution in [3.05, 3.63) is 69.3 Å². The van der Waals surface area contributed by atoms with E-state index in [2.05, 4.69) is 52.5 Å². The van der Waals surface area contributed by atoms with Crippen LogP contribution < -0.4 is 32.3 Å². The Morgan fingerprint density at radius 2 is 1.52 bits per heavy atom. The number of nitrogens with two attached hydrogens (primary N) is 1. The lowest BCUT2D eigenvalue weighted by Crippen LogP contribution is -2.54. The Labute approximate surface area is 395 Å². The molecule has 2 fully saturated rings. The van der Waals surface area contributed by atoms with Crippen LogP contribution in [0, 0.1) is 6.92 Å². The number of imide groups is 2. The summed E-state index contributed by atoms with van der Waals surface area (Å²) in [5, 5.41) is 14.4. The fourth-order valence-corrected chi connectivity index (χ4v) is 9.27. The molecule has 7 N–H and O–H groups in total. The van der Waals surface area contributed by atoms with E-state index in [1.165, 1.54) is 10.4 Å². The fraction of sp³-hybridized carbons (Fsp3) is 0.488. The van der Waals surface area contributed by atoms with Crippen LogP contribution in [0.4, 0.5) is 23.1 Å². The predicted molar refractivity (Wildman–Crippen MR) is 247 cm³/mol. The van der Waals surface area contributed by atoms with Crippen molar-refractivity contribution in [1.82, 2.24) is 29.8 Å². The van der Waals surface area contributed by atoms with Gasteiger partial charge in [0.2, 0.25) is 33.7 Å². The van der Waals surface area contributed by atoms with Crippen molar-refractivity contribution in [2.45, 2.75) is 51.1 Å². The second-order valence-corrected chi connectivity index (χ2v) is 18.6. The topological polar surface area (TPSA) is 292 Å². The number of carbonyl (C=O) groups excluding carboxylic acids is 6. The maximum Gasteiger partial charge on any atom is 0.264 e. The minimum Gasteiger partial charge on any atom is -0.382 e. The number of nitrogens with one attached hydrogen (secondary N) is 5. The van der Waals surface area contributed by atoms with Crippen molar-refractivity contribution < 1.29 is 56.1 Å². The summed E-state index contributed by atoms with van der Waals surface area (Å²) in [6, 6.07) is 9.06. The summed E-state index contributed by atoms with van der Waals surface area (Å²) in [5.74, 6) is -2.61. The van der Waals surface area contributed by atoms with Gasteiger partial charge >= 0.3 is 0 Å². The highest BCUT2D eigenvalue weighted by Gasteiger charge is 2.45. The number of halogens is 1. The first kappa shape index (κ1) is 50.8. The van der Waals surface area contributed by atoms with Gasteiger partial charge in [0.15, 0.2) is 0 Å². The maximum atomic E-state index is 13.2.